The quantitative estimate of drug-likeness (QED) is 0.0709. The lowest BCUT2D eigenvalue weighted by atomic mass is 9.49. The molecule has 4 aromatic rings. The molecule has 0 spiro atoms. The van der Waals surface area contributed by atoms with Crippen LogP contribution in [-0.2, 0) is 19.0 Å². The monoisotopic (exact) mass is 1020 g/mol. The zero-order chi connectivity index (χ0) is 51.9. The first kappa shape index (κ1) is 53.0. The Morgan fingerprint density at radius 3 is 2.25 bits per heavy atom. The molecule has 0 bridgehead atoms. The molecule has 4 aliphatic rings. The molecule has 1 atom stereocenters. The average Bonchev–Trinajstić information content (AvgIpc) is 3.93. The molecule has 3 fully saturated rings. The van der Waals surface area contributed by atoms with E-state index in [1.54, 1.807) is 74.0 Å². The van der Waals surface area contributed by atoms with E-state index in [0.717, 1.165) is 57.4 Å². The number of nitrogens with one attached hydrogen (secondary N) is 3. The predicted octanol–water partition coefficient (Wildman–Crippen LogP) is 7.11. The van der Waals surface area contributed by atoms with Crippen molar-refractivity contribution in [3.8, 4) is 17.6 Å². The highest BCUT2D eigenvalue weighted by molar-refractivity contribution is 6.31. The number of amides is 3. The van der Waals surface area contributed by atoms with E-state index >= 15 is 0 Å². The van der Waals surface area contributed by atoms with Crippen molar-refractivity contribution in [3.05, 3.63) is 76.7 Å². The third-order valence-electron chi connectivity index (χ3n) is 14.7. The zero-order valence-electron chi connectivity index (χ0n) is 42.9. The van der Waals surface area contributed by atoms with Gasteiger partial charge in [-0.25, -0.2) is 15.0 Å². The summed E-state index contributed by atoms with van der Waals surface area (Å²) in [5, 5.41) is 18.9. The number of fused-ring (bicyclic) bond motifs is 1. The van der Waals surface area contributed by atoms with Gasteiger partial charge in [-0.1, -0.05) is 59.1 Å². The average molecular weight is 1020 g/mol. The molecule has 1 saturated heterocycles. The summed E-state index contributed by atoms with van der Waals surface area (Å²) in [6.45, 7) is 14.0. The molecule has 0 radical (unpaired) electrons. The Balaban J connectivity index is 0.688. The Kier molecular flexibility index (Phi) is 16.9. The van der Waals surface area contributed by atoms with Crippen LogP contribution in [0.5, 0.6) is 11.5 Å². The molecule has 73 heavy (non-hydrogen) atoms. The summed E-state index contributed by atoms with van der Waals surface area (Å²) in [7, 11) is 3.32. The predicted molar refractivity (Wildman–Crippen MR) is 277 cm³/mol. The van der Waals surface area contributed by atoms with Gasteiger partial charge < -0.3 is 54.3 Å². The maximum absolute atomic E-state index is 13.4. The van der Waals surface area contributed by atoms with Crippen LogP contribution in [0.25, 0.3) is 0 Å². The number of ether oxygens (including phenoxy) is 5. The fourth-order valence-electron chi connectivity index (χ4n) is 11.1. The van der Waals surface area contributed by atoms with Gasteiger partial charge in [0.25, 0.3) is 11.8 Å². The molecule has 2 aliphatic heterocycles. The van der Waals surface area contributed by atoms with Gasteiger partial charge in [0.15, 0.2) is 5.82 Å². The normalized spacial score (nSPS) is 20.5. The topological polar surface area (TPSA) is 219 Å². The Bertz CT molecular complexity index is 2620. The first-order valence-electron chi connectivity index (χ1n) is 25.3. The molecule has 2 aromatic heterocycles. The highest BCUT2D eigenvalue weighted by Crippen LogP contribution is 2.55. The SMILES string of the molecule is CCC1C(=O)N(C)c2cnc(Nc3ccc(C(=O)NCCOCCOCCOC4CCN(c5ncc(C(=O)N[C@H]6C(C)(C)[C@H](Oc7ccc(C#N)c(Cl)c7)C6(C)C)cn5)CC4)cc3OC)nc2N1C1CCCC1. The van der Waals surface area contributed by atoms with Gasteiger partial charge in [0.1, 0.15) is 35.4 Å². The Hall–Kier alpha value is -6.33. The number of carbonyl (C=O) groups excluding carboxylic acids is 3. The fourth-order valence-corrected chi connectivity index (χ4v) is 11.3. The third kappa shape index (κ3) is 11.7. The van der Waals surface area contributed by atoms with Gasteiger partial charge in [0.2, 0.25) is 17.8 Å². The fraction of sp³-hybridized carbons (Fsp3) is 0.547. The first-order chi connectivity index (χ1) is 35.1. The minimum atomic E-state index is -0.397. The number of nitriles is 1. The van der Waals surface area contributed by atoms with Gasteiger partial charge in [0.05, 0.1) is 74.3 Å². The number of hydrogen-bond donors (Lipinski definition) is 3. The Morgan fingerprint density at radius 1 is 0.877 bits per heavy atom. The molecule has 2 aromatic carbocycles. The van der Waals surface area contributed by atoms with Crippen LogP contribution in [-0.4, -0.2) is 135 Å². The highest BCUT2D eigenvalue weighted by Gasteiger charge is 2.64. The summed E-state index contributed by atoms with van der Waals surface area (Å²) in [4.78, 5) is 64.2. The van der Waals surface area contributed by atoms with Crippen molar-refractivity contribution in [2.75, 3.05) is 86.8 Å². The molecule has 1 unspecified atom stereocenters. The molecule has 19 nitrogen and oxygen atoms in total. The van der Waals surface area contributed by atoms with Crippen molar-refractivity contribution in [2.24, 2.45) is 10.8 Å². The Morgan fingerprint density at radius 2 is 1.58 bits per heavy atom. The van der Waals surface area contributed by atoms with Crippen LogP contribution in [0.1, 0.15) is 106 Å². The van der Waals surface area contributed by atoms with E-state index in [-0.39, 0.29) is 48.1 Å². The number of halogens is 1. The number of hydrogen-bond acceptors (Lipinski definition) is 16. The van der Waals surface area contributed by atoms with Crippen LogP contribution < -0.4 is 40.1 Å². The number of aromatic nitrogens is 4. The maximum Gasteiger partial charge on any atom is 0.254 e. The number of methoxy groups -OCH3 is 1. The van der Waals surface area contributed by atoms with Gasteiger partial charge in [-0.3, -0.25) is 14.4 Å². The van der Waals surface area contributed by atoms with Crippen molar-refractivity contribution in [1.82, 2.24) is 30.6 Å². The minimum absolute atomic E-state index is 0.0596. The standard InChI is InChI=1S/C53H68ClN11O8/c1-8-41-47(68)63(6)42-32-57-50(61-44(42)65(41)36-11-9-10-12-36)60-40-16-14-33(27-43(40)69-7)45(66)56-19-22-70-23-24-71-25-26-72-37-17-20-64(21-18-37)51-58-30-35(31-59-51)46(67)62-48-52(2,3)49(53(48,4)5)73-38-15-13-34(29-55)39(54)28-38/h13-16,27-28,30-32,36-37,41,48-49H,8-12,17-26H2,1-7H3,(H,56,66)(H,62,67)(H,57,60,61)/t41?,48-,49-. The first-order valence-corrected chi connectivity index (χ1v) is 25.7. The maximum atomic E-state index is 13.4. The van der Waals surface area contributed by atoms with E-state index in [1.165, 1.54) is 0 Å². The molecule has 20 heteroatoms. The minimum Gasteiger partial charge on any atom is -0.495 e. The van der Waals surface area contributed by atoms with Crippen LogP contribution in [0, 0.1) is 22.2 Å². The number of carbonyl (C=O) groups is 3. The number of piperidine rings is 1. The molecule has 3 amide bonds. The van der Waals surface area contributed by atoms with Crippen molar-refractivity contribution < 1.29 is 38.1 Å². The number of likely N-dealkylation sites (N-methyl/N-ethyl adjacent to an activating group) is 1. The number of benzene rings is 2. The van der Waals surface area contributed by atoms with Crippen LogP contribution in [0.3, 0.4) is 0 Å². The van der Waals surface area contributed by atoms with Gasteiger partial charge in [0, 0.05) is 73.6 Å². The van der Waals surface area contributed by atoms with Crippen molar-refractivity contribution in [2.45, 2.75) is 110 Å². The lowest BCUT2D eigenvalue weighted by molar-refractivity contribution is -0.164. The van der Waals surface area contributed by atoms with Crippen molar-refractivity contribution >= 4 is 58.4 Å². The van der Waals surface area contributed by atoms with E-state index < -0.39 is 10.8 Å². The van der Waals surface area contributed by atoms with E-state index in [9.17, 15) is 19.6 Å². The van der Waals surface area contributed by atoms with Crippen LogP contribution in [0.2, 0.25) is 5.02 Å². The molecule has 4 heterocycles. The van der Waals surface area contributed by atoms with E-state index in [0.29, 0.717) is 102 Å². The second kappa shape index (κ2) is 23.3. The van der Waals surface area contributed by atoms with Gasteiger partial charge >= 0.3 is 0 Å². The third-order valence-corrected chi connectivity index (χ3v) is 15.0. The van der Waals surface area contributed by atoms with Crippen LogP contribution in [0.4, 0.5) is 29.1 Å². The molecule has 2 saturated carbocycles. The Labute approximate surface area is 432 Å². The second-order valence-corrected chi connectivity index (χ2v) is 20.6. The smallest absolute Gasteiger partial charge is 0.254 e. The highest BCUT2D eigenvalue weighted by atomic mass is 35.5. The number of anilines is 5. The van der Waals surface area contributed by atoms with Crippen LogP contribution >= 0.6 is 11.6 Å². The van der Waals surface area contributed by atoms with E-state index in [1.807, 2.05) is 6.92 Å². The molecular formula is C53H68ClN11O8. The lowest BCUT2D eigenvalue weighted by Gasteiger charge is -2.63. The van der Waals surface area contributed by atoms with Crippen molar-refractivity contribution in [1.29, 1.82) is 5.26 Å². The summed E-state index contributed by atoms with van der Waals surface area (Å²) in [6.07, 6.45) is 11.3. The summed E-state index contributed by atoms with van der Waals surface area (Å²) in [6, 6.07) is 12.0. The van der Waals surface area contributed by atoms with E-state index in [2.05, 4.69) is 74.5 Å². The summed E-state index contributed by atoms with van der Waals surface area (Å²) in [5.41, 5.74) is 1.70. The van der Waals surface area contributed by atoms with Crippen LogP contribution in [0.15, 0.2) is 55.0 Å². The number of rotatable bonds is 21. The summed E-state index contributed by atoms with van der Waals surface area (Å²) in [5.74, 6) is 2.27. The van der Waals surface area contributed by atoms with Gasteiger partial charge in [-0.15, -0.1) is 0 Å². The molecule has 390 valence electrons. The molecule has 3 N–H and O–H groups in total. The number of nitrogens with zero attached hydrogens (tertiary/aromatic N) is 8. The zero-order valence-corrected chi connectivity index (χ0v) is 43.7. The van der Waals surface area contributed by atoms with Gasteiger partial charge in [-0.05, 0) is 62.4 Å². The molecular weight excluding hydrogens is 954 g/mol. The van der Waals surface area contributed by atoms with E-state index in [4.69, 9.17) is 40.3 Å². The largest absolute Gasteiger partial charge is 0.495 e. The van der Waals surface area contributed by atoms with Gasteiger partial charge in [-0.2, -0.15) is 10.2 Å². The van der Waals surface area contributed by atoms with Crippen molar-refractivity contribution in [3.63, 3.8) is 0 Å². The molecule has 2 aliphatic carbocycles. The second-order valence-electron chi connectivity index (χ2n) is 20.2. The summed E-state index contributed by atoms with van der Waals surface area (Å²) < 4.78 is 29.5. The lowest BCUT2D eigenvalue weighted by Crippen LogP contribution is -2.74. The molecule has 8 rings (SSSR count). The summed E-state index contributed by atoms with van der Waals surface area (Å²) >= 11 is 6.25.